The smallest absolute Gasteiger partial charge is 0.225 e. The first-order chi connectivity index (χ1) is 10.1. The SMILES string of the molecule is CC1CN(C(=O)[C@H]2CCN[C@@H](C)C2)CC1N1CCOCC1. The maximum Gasteiger partial charge on any atom is 0.225 e. The van der Waals surface area contributed by atoms with Gasteiger partial charge in [-0.3, -0.25) is 9.69 Å². The van der Waals surface area contributed by atoms with Crippen LogP contribution in [0.1, 0.15) is 26.7 Å². The molecule has 3 aliphatic heterocycles. The molecule has 0 saturated carbocycles. The summed E-state index contributed by atoms with van der Waals surface area (Å²) in [6.07, 6.45) is 1.99. The number of amides is 1. The fourth-order valence-electron chi connectivity index (χ4n) is 4.13. The van der Waals surface area contributed by atoms with Crippen molar-refractivity contribution in [2.75, 3.05) is 45.9 Å². The van der Waals surface area contributed by atoms with E-state index in [-0.39, 0.29) is 5.92 Å². The Kier molecular flexibility index (Phi) is 4.82. The van der Waals surface area contributed by atoms with Gasteiger partial charge in [-0.05, 0) is 32.2 Å². The first-order valence-electron chi connectivity index (χ1n) is 8.49. The predicted octanol–water partition coefficient (Wildman–Crippen LogP) is 0.554. The third-order valence-corrected chi connectivity index (χ3v) is 5.37. The molecule has 0 radical (unpaired) electrons. The van der Waals surface area contributed by atoms with Crippen molar-refractivity contribution in [2.24, 2.45) is 11.8 Å². The molecule has 3 fully saturated rings. The second-order valence-electron chi connectivity index (χ2n) is 7.01. The van der Waals surface area contributed by atoms with Crippen LogP contribution in [-0.4, -0.2) is 73.7 Å². The quantitative estimate of drug-likeness (QED) is 0.808. The normalized spacial score (nSPS) is 38.7. The number of ether oxygens (including phenoxy) is 1. The summed E-state index contributed by atoms with van der Waals surface area (Å²) in [5.74, 6) is 1.20. The van der Waals surface area contributed by atoms with Crippen LogP contribution in [-0.2, 0) is 9.53 Å². The summed E-state index contributed by atoms with van der Waals surface area (Å²) in [6, 6.07) is 1.000. The van der Waals surface area contributed by atoms with Gasteiger partial charge in [0.15, 0.2) is 0 Å². The Labute approximate surface area is 128 Å². The molecule has 0 spiro atoms. The average molecular weight is 295 g/mol. The van der Waals surface area contributed by atoms with Crippen molar-refractivity contribution in [3.8, 4) is 0 Å². The van der Waals surface area contributed by atoms with E-state index in [1.165, 1.54) is 0 Å². The van der Waals surface area contributed by atoms with Crippen molar-refractivity contribution in [1.82, 2.24) is 15.1 Å². The van der Waals surface area contributed by atoms with Crippen LogP contribution in [0.4, 0.5) is 0 Å². The van der Waals surface area contributed by atoms with Crippen LogP contribution in [0.3, 0.4) is 0 Å². The Balaban J connectivity index is 1.58. The van der Waals surface area contributed by atoms with Crippen LogP contribution in [0, 0.1) is 11.8 Å². The Bertz CT molecular complexity index is 371. The number of rotatable bonds is 2. The standard InChI is InChI=1S/C16H29N3O2/c1-12-10-19(11-15(12)18-5-7-21-8-6-18)16(20)14-3-4-17-13(2)9-14/h12-15,17H,3-11H2,1-2H3/t12?,13-,14-,15?/m0/s1. The van der Waals surface area contributed by atoms with E-state index in [0.717, 1.165) is 58.8 Å². The minimum absolute atomic E-state index is 0.233. The molecule has 120 valence electrons. The number of piperidine rings is 1. The minimum Gasteiger partial charge on any atom is -0.379 e. The molecule has 5 heteroatoms. The predicted molar refractivity (Wildman–Crippen MR) is 82.1 cm³/mol. The monoisotopic (exact) mass is 295 g/mol. The molecule has 0 bridgehead atoms. The molecule has 1 N–H and O–H groups in total. The lowest BCUT2D eigenvalue weighted by Crippen LogP contribution is -2.48. The molecule has 3 aliphatic rings. The highest BCUT2D eigenvalue weighted by Gasteiger charge is 2.39. The molecule has 21 heavy (non-hydrogen) atoms. The van der Waals surface area contributed by atoms with E-state index in [9.17, 15) is 4.79 Å². The van der Waals surface area contributed by atoms with E-state index in [1.807, 2.05) is 0 Å². The molecule has 0 aliphatic carbocycles. The van der Waals surface area contributed by atoms with Crippen molar-refractivity contribution in [3.05, 3.63) is 0 Å². The second-order valence-corrected chi connectivity index (χ2v) is 7.01. The Morgan fingerprint density at radius 1 is 1.19 bits per heavy atom. The van der Waals surface area contributed by atoms with E-state index in [0.29, 0.717) is 23.9 Å². The van der Waals surface area contributed by atoms with E-state index in [1.54, 1.807) is 0 Å². The number of carbonyl (C=O) groups is 1. The highest BCUT2D eigenvalue weighted by molar-refractivity contribution is 5.79. The molecule has 1 amide bonds. The summed E-state index contributed by atoms with van der Waals surface area (Å²) >= 11 is 0. The van der Waals surface area contributed by atoms with Gasteiger partial charge in [-0.1, -0.05) is 6.92 Å². The van der Waals surface area contributed by atoms with Gasteiger partial charge in [-0.15, -0.1) is 0 Å². The van der Waals surface area contributed by atoms with Crippen LogP contribution in [0.15, 0.2) is 0 Å². The van der Waals surface area contributed by atoms with Crippen LogP contribution < -0.4 is 5.32 Å². The molecule has 4 atom stereocenters. The average Bonchev–Trinajstić information content (AvgIpc) is 2.89. The topological polar surface area (TPSA) is 44.8 Å². The Morgan fingerprint density at radius 2 is 1.95 bits per heavy atom. The molecule has 3 rings (SSSR count). The molecule has 0 aromatic carbocycles. The van der Waals surface area contributed by atoms with E-state index >= 15 is 0 Å². The minimum atomic E-state index is 0.233. The van der Waals surface area contributed by atoms with Gasteiger partial charge in [0.2, 0.25) is 5.91 Å². The highest BCUT2D eigenvalue weighted by Crippen LogP contribution is 2.26. The molecule has 0 aromatic rings. The van der Waals surface area contributed by atoms with Crippen LogP contribution >= 0.6 is 0 Å². The lowest BCUT2D eigenvalue weighted by Gasteiger charge is -2.34. The van der Waals surface area contributed by atoms with Crippen molar-refractivity contribution >= 4 is 5.91 Å². The third-order valence-electron chi connectivity index (χ3n) is 5.37. The first-order valence-corrected chi connectivity index (χ1v) is 8.49. The zero-order valence-corrected chi connectivity index (χ0v) is 13.4. The summed E-state index contributed by atoms with van der Waals surface area (Å²) < 4.78 is 5.45. The van der Waals surface area contributed by atoms with Crippen LogP contribution in [0.2, 0.25) is 0 Å². The van der Waals surface area contributed by atoms with Gasteiger partial charge < -0.3 is 15.0 Å². The number of carbonyl (C=O) groups excluding carboxylic acids is 1. The lowest BCUT2D eigenvalue weighted by atomic mass is 9.92. The number of nitrogens with one attached hydrogen (secondary N) is 1. The summed E-state index contributed by atoms with van der Waals surface area (Å²) in [4.78, 5) is 17.4. The van der Waals surface area contributed by atoms with E-state index in [2.05, 4.69) is 29.0 Å². The molecule has 3 saturated heterocycles. The van der Waals surface area contributed by atoms with Crippen LogP contribution in [0.25, 0.3) is 0 Å². The zero-order valence-electron chi connectivity index (χ0n) is 13.4. The van der Waals surface area contributed by atoms with E-state index in [4.69, 9.17) is 4.74 Å². The fraction of sp³-hybridized carbons (Fsp3) is 0.938. The number of nitrogens with zero attached hydrogens (tertiary/aromatic N) is 2. The number of hydrogen-bond acceptors (Lipinski definition) is 4. The Hall–Kier alpha value is -0.650. The highest BCUT2D eigenvalue weighted by atomic mass is 16.5. The van der Waals surface area contributed by atoms with Crippen LogP contribution in [0.5, 0.6) is 0 Å². The maximum absolute atomic E-state index is 12.8. The fourth-order valence-corrected chi connectivity index (χ4v) is 4.13. The first kappa shape index (κ1) is 15.3. The second kappa shape index (κ2) is 6.63. The molecule has 3 heterocycles. The molecular weight excluding hydrogens is 266 g/mol. The van der Waals surface area contributed by atoms with E-state index < -0.39 is 0 Å². The van der Waals surface area contributed by atoms with Crippen molar-refractivity contribution < 1.29 is 9.53 Å². The summed E-state index contributed by atoms with van der Waals surface area (Å²) in [7, 11) is 0. The summed E-state index contributed by atoms with van der Waals surface area (Å²) in [5.41, 5.74) is 0. The van der Waals surface area contributed by atoms with Gasteiger partial charge in [-0.25, -0.2) is 0 Å². The molecule has 0 aromatic heterocycles. The molecule has 2 unspecified atom stereocenters. The number of likely N-dealkylation sites (tertiary alicyclic amines) is 1. The number of hydrogen-bond donors (Lipinski definition) is 1. The summed E-state index contributed by atoms with van der Waals surface area (Å²) in [6.45, 7) is 11.0. The van der Waals surface area contributed by atoms with Gasteiger partial charge in [-0.2, -0.15) is 0 Å². The maximum atomic E-state index is 12.8. The molecular formula is C16H29N3O2. The number of morpholine rings is 1. The van der Waals surface area contributed by atoms with Gasteiger partial charge in [0.1, 0.15) is 0 Å². The van der Waals surface area contributed by atoms with Gasteiger partial charge in [0.05, 0.1) is 13.2 Å². The van der Waals surface area contributed by atoms with Crippen molar-refractivity contribution in [1.29, 1.82) is 0 Å². The zero-order chi connectivity index (χ0) is 14.8. The third kappa shape index (κ3) is 3.41. The lowest BCUT2D eigenvalue weighted by molar-refractivity contribution is -0.136. The Morgan fingerprint density at radius 3 is 2.67 bits per heavy atom. The van der Waals surface area contributed by atoms with Gasteiger partial charge >= 0.3 is 0 Å². The largest absolute Gasteiger partial charge is 0.379 e. The van der Waals surface area contributed by atoms with Gasteiger partial charge in [0.25, 0.3) is 0 Å². The van der Waals surface area contributed by atoms with Crippen molar-refractivity contribution in [2.45, 2.75) is 38.8 Å². The van der Waals surface area contributed by atoms with Gasteiger partial charge in [0, 0.05) is 44.2 Å². The van der Waals surface area contributed by atoms with Crippen molar-refractivity contribution in [3.63, 3.8) is 0 Å². The summed E-state index contributed by atoms with van der Waals surface area (Å²) in [5, 5.41) is 3.43. The molecule has 5 nitrogen and oxygen atoms in total.